The second-order valence-corrected chi connectivity index (χ2v) is 5.48. The smallest absolute Gasteiger partial charge is 0.336 e. The van der Waals surface area contributed by atoms with E-state index in [-0.39, 0.29) is 23.5 Å². The second kappa shape index (κ2) is 5.50. The van der Waals surface area contributed by atoms with Gasteiger partial charge < -0.3 is 10.2 Å². The number of hydrogen-bond acceptors (Lipinski definition) is 2. The largest absolute Gasteiger partial charge is 0.417 e. The summed E-state index contributed by atoms with van der Waals surface area (Å²) < 4.78 is 38.9. The number of carbonyl (C=O) groups is 1. The van der Waals surface area contributed by atoms with Gasteiger partial charge in [0.2, 0.25) is 0 Å². The highest BCUT2D eigenvalue weighted by Gasteiger charge is 2.47. The Balaban J connectivity index is 0.00000161. The number of nitrogens with one attached hydrogen (secondary N) is 1. The van der Waals surface area contributed by atoms with Crippen LogP contribution in [0.25, 0.3) is 0 Å². The number of alkyl halides is 3. The van der Waals surface area contributed by atoms with E-state index in [0.29, 0.717) is 19.6 Å². The lowest BCUT2D eigenvalue weighted by Gasteiger charge is -2.34. The Labute approximate surface area is 126 Å². The fraction of sp³-hybridized carbons (Fsp3) is 0.500. The predicted octanol–water partition coefficient (Wildman–Crippen LogP) is 2.71. The molecule has 1 aromatic rings. The quantitative estimate of drug-likeness (QED) is 0.863. The van der Waals surface area contributed by atoms with Crippen molar-refractivity contribution < 1.29 is 18.0 Å². The van der Waals surface area contributed by atoms with Crippen molar-refractivity contribution in [3.05, 3.63) is 35.4 Å². The molecule has 2 aliphatic rings. The summed E-state index contributed by atoms with van der Waals surface area (Å²) in [6.07, 6.45) is -2.53. The monoisotopic (exact) mass is 320 g/mol. The van der Waals surface area contributed by atoms with Crippen molar-refractivity contribution >= 4 is 18.3 Å². The standard InChI is InChI=1S/C14H15F3N2O.ClH/c15-14(16,17)11-4-2-1-3-10(11)12(20)19-8-7-18-13(9-19)5-6-13;/h1-4,18H,5-9H2;1H. The number of benzene rings is 1. The number of nitrogens with zero attached hydrogens (tertiary/aromatic N) is 1. The van der Waals surface area contributed by atoms with Crippen molar-refractivity contribution in [3.63, 3.8) is 0 Å². The van der Waals surface area contributed by atoms with E-state index in [2.05, 4.69) is 5.32 Å². The minimum Gasteiger partial charge on any atom is -0.336 e. The van der Waals surface area contributed by atoms with E-state index in [1.807, 2.05) is 0 Å². The first-order valence-electron chi connectivity index (χ1n) is 6.62. The van der Waals surface area contributed by atoms with Crippen LogP contribution in [0.15, 0.2) is 24.3 Å². The normalized spacial score (nSPS) is 20.0. The molecule has 1 N–H and O–H groups in total. The SMILES string of the molecule is Cl.O=C(c1ccccc1C(F)(F)F)N1CCNC2(CC2)C1. The third-order valence-electron chi connectivity index (χ3n) is 3.98. The van der Waals surface area contributed by atoms with Crippen LogP contribution in [0.1, 0.15) is 28.8 Å². The zero-order chi connectivity index (χ0) is 14.4. The molecule has 3 nitrogen and oxygen atoms in total. The van der Waals surface area contributed by atoms with Gasteiger partial charge in [-0.1, -0.05) is 12.1 Å². The summed E-state index contributed by atoms with van der Waals surface area (Å²) in [5.41, 5.74) is -1.15. The highest BCUT2D eigenvalue weighted by atomic mass is 35.5. The van der Waals surface area contributed by atoms with Gasteiger partial charge in [0.25, 0.3) is 5.91 Å². The molecule has 1 aromatic carbocycles. The molecule has 1 amide bonds. The van der Waals surface area contributed by atoms with Gasteiger partial charge in [0.05, 0.1) is 11.1 Å². The maximum Gasteiger partial charge on any atom is 0.417 e. The highest BCUT2D eigenvalue weighted by Crippen LogP contribution is 2.38. The van der Waals surface area contributed by atoms with Crippen LogP contribution in [0.4, 0.5) is 13.2 Å². The molecule has 0 radical (unpaired) electrons. The third kappa shape index (κ3) is 3.16. The van der Waals surface area contributed by atoms with Gasteiger partial charge in [0.15, 0.2) is 0 Å². The Morgan fingerprint density at radius 1 is 1.24 bits per heavy atom. The van der Waals surface area contributed by atoms with Gasteiger partial charge in [-0.2, -0.15) is 13.2 Å². The highest BCUT2D eigenvalue weighted by molar-refractivity contribution is 5.96. The Kier molecular flexibility index (Phi) is 4.22. The van der Waals surface area contributed by atoms with Crippen LogP contribution in [0.5, 0.6) is 0 Å². The first-order chi connectivity index (χ1) is 9.41. The van der Waals surface area contributed by atoms with Crippen molar-refractivity contribution in [2.75, 3.05) is 19.6 Å². The van der Waals surface area contributed by atoms with Crippen LogP contribution in [0.2, 0.25) is 0 Å². The lowest BCUT2D eigenvalue weighted by atomic mass is 10.0. The second-order valence-electron chi connectivity index (χ2n) is 5.48. The van der Waals surface area contributed by atoms with E-state index in [0.717, 1.165) is 18.9 Å². The van der Waals surface area contributed by atoms with Crippen LogP contribution in [-0.4, -0.2) is 36.0 Å². The van der Waals surface area contributed by atoms with Gasteiger partial charge >= 0.3 is 6.18 Å². The van der Waals surface area contributed by atoms with Gasteiger partial charge in [0.1, 0.15) is 0 Å². The number of hydrogen-bond donors (Lipinski definition) is 1. The number of carbonyl (C=O) groups excluding carboxylic acids is 1. The molecule has 0 unspecified atom stereocenters. The minimum absolute atomic E-state index is 0. The van der Waals surface area contributed by atoms with E-state index in [1.54, 1.807) is 0 Å². The van der Waals surface area contributed by atoms with Crippen molar-refractivity contribution in [2.24, 2.45) is 0 Å². The van der Waals surface area contributed by atoms with E-state index in [4.69, 9.17) is 0 Å². The van der Waals surface area contributed by atoms with Crippen molar-refractivity contribution in [1.29, 1.82) is 0 Å². The summed E-state index contributed by atoms with van der Waals surface area (Å²) in [4.78, 5) is 13.9. The van der Waals surface area contributed by atoms with Crippen molar-refractivity contribution in [1.82, 2.24) is 10.2 Å². The summed E-state index contributed by atoms with van der Waals surface area (Å²) in [6.45, 7) is 1.59. The van der Waals surface area contributed by atoms with E-state index >= 15 is 0 Å². The zero-order valence-corrected chi connectivity index (χ0v) is 12.1. The molecular weight excluding hydrogens is 305 g/mol. The van der Waals surface area contributed by atoms with Crippen LogP contribution >= 0.6 is 12.4 Å². The summed E-state index contributed by atoms with van der Waals surface area (Å²) in [6, 6.07) is 4.99. The molecule has 1 saturated heterocycles. The predicted molar refractivity (Wildman–Crippen MR) is 74.6 cm³/mol. The Bertz CT molecular complexity index is 543. The third-order valence-corrected chi connectivity index (χ3v) is 3.98. The van der Waals surface area contributed by atoms with E-state index in [1.165, 1.54) is 23.1 Å². The summed E-state index contributed by atoms with van der Waals surface area (Å²) in [5, 5.41) is 3.33. The fourth-order valence-corrected chi connectivity index (χ4v) is 2.70. The van der Waals surface area contributed by atoms with Crippen molar-refractivity contribution in [3.8, 4) is 0 Å². The molecule has 3 rings (SSSR count). The summed E-state index contributed by atoms with van der Waals surface area (Å²) in [5.74, 6) is -0.522. The molecule has 2 fully saturated rings. The summed E-state index contributed by atoms with van der Waals surface area (Å²) in [7, 11) is 0. The first-order valence-corrected chi connectivity index (χ1v) is 6.62. The number of rotatable bonds is 1. The molecule has 0 bridgehead atoms. The molecule has 21 heavy (non-hydrogen) atoms. The number of amides is 1. The lowest BCUT2D eigenvalue weighted by molar-refractivity contribution is -0.138. The fourth-order valence-electron chi connectivity index (χ4n) is 2.70. The van der Waals surface area contributed by atoms with Crippen LogP contribution < -0.4 is 5.32 Å². The molecule has 1 aliphatic heterocycles. The van der Waals surface area contributed by atoms with Gasteiger partial charge in [0, 0.05) is 25.2 Å². The van der Waals surface area contributed by atoms with Crippen LogP contribution in [0.3, 0.4) is 0 Å². The molecule has 0 atom stereocenters. The van der Waals surface area contributed by atoms with E-state index in [9.17, 15) is 18.0 Å². The topological polar surface area (TPSA) is 32.3 Å². The van der Waals surface area contributed by atoms with Crippen LogP contribution in [0, 0.1) is 0 Å². The van der Waals surface area contributed by atoms with Gasteiger partial charge in [-0.15, -0.1) is 12.4 Å². The van der Waals surface area contributed by atoms with Crippen molar-refractivity contribution in [2.45, 2.75) is 24.6 Å². The molecular formula is C14H16ClF3N2O. The van der Waals surface area contributed by atoms with Gasteiger partial charge in [-0.05, 0) is 25.0 Å². The van der Waals surface area contributed by atoms with Crippen LogP contribution in [-0.2, 0) is 6.18 Å². The molecule has 116 valence electrons. The Morgan fingerprint density at radius 3 is 2.52 bits per heavy atom. The Hall–Kier alpha value is -1.27. The van der Waals surface area contributed by atoms with Gasteiger partial charge in [-0.3, -0.25) is 4.79 Å². The Morgan fingerprint density at radius 2 is 1.90 bits per heavy atom. The molecule has 1 spiro atoms. The molecule has 0 aromatic heterocycles. The molecule has 1 saturated carbocycles. The van der Waals surface area contributed by atoms with E-state index < -0.39 is 17.6 Å². The summed E-state index contributed by atoms with van der Waals surface area (Å²) >= 11 is 0. The number of halogens is 4. The maximum absolute atomic E-state index is 13.0. The zero-order valence-electron chi connectivity index (χ0n) is 11.2. The average Bonchev–Trinajstić information content (AvgIpc) is 3.16. The number of piperazine rings is 1. The molecule has 1 heterocycles. The molecule has 7 heteroatoms. The minimum atomic E-state index is -4.50. The first kappa shape index (κ1) is 16.1. The lowest BCUT2D eigenvalue weighted by Crippen LogP contribution is -2.54. The van der Waals surface area contributed by atoms with Gasteiger partial charge in [-0.25, -0.2) is 0 Å². The average molecular weight is 321 g/mol. The molecule has 1 aliphatic carbocycles. The maximum atomic E-state index is 13.0.